The van der Waals surface area contributed by atoms with Crippen LogP contribution in [0.15, 0.2) is 35.3 Å². The van der Waals surface area contributed by atoms with Crippen LogP contribution in [0.2, 0.25) is 0 Å². The summed E-state index contributed by atoms with van der Waals surface area (Å²) in [6.45, 7) is 1.04. The Morgan fingerprint density at radius 3 is 2.53 bits per heavy atom. The molecule has 168 valence electrons. The molecule has 32 heavy (non-hydrogen) atoms. The van der Waals surface area contributed by atoms with Gasteiger partial charge in [-0.2, -0.15) is 5.10 Å². The van der Waals surface area contributed by atoms with Crippen LogP contribution in [-0.2, 0) is 0 Å². The largest absolute Gasteiger partial charge is 0.378 e. The minimum absolute atomic E-state index is 0.0173. The maximum Gasteiger partial charge on any atom is 0.321 e. The molecule has 1 saturated carbocycles. The van der Waals surface area contributed by atoms with Gasteiger partial charge in [0.1, 0.15) is 11.2 Å². The summed E-state index contributed by atoms with van der Waals surface area (Å²) in [6.07, 6.45) is 7.41. The number of carbonyl (C=O) groups is 1. The van der Waals surface area contributed by atoms with E-state index in [0.29, 0.717) is 36.0 Å². The molecule has 0 radical (unpaired) electrons. The van der Waals surface area contributed by atoms with E-state index < -0.39 is 0 Å². The van der Waals surface area contributed by atoms with Crippen LogP contribution >= 0.6 is 0 Å². The van der Waals surface area contributed by atoms with Crippen LogP contribution in [0, 0.1) is 0 Å². The number of aromatic nitrogens is 4. The topological polar surface area (TPSA) is 99.2 Å². The zero-order valence-corrected chi connectivity index (χ0v) is 18.5. The number of amides is 2. The van der Waals surface area contributed by atoms with Crippen LogP contribution < -0.4 is 15.8 Å². The van der Waals surface area contributed by atoms with Crippen molar-refractivity contribution in [3.8, 4) is 0 Å². The first-order chi connectivity index (χ1) is 15.5. The van der Waals surface area contributed by atoms with Gasteiger partial charge in [0.25, 0.3) is 5.56 Å². The third-order valence-corrected chi connectivity index (χ3v) is 6.59. The SMILES string of the molecule is CN(C)c1ccc(NC(=O)N2CC(c3nc4c(cnn4C4CCCCC4)c(=O)[nH]3)C2)cc1. The first-order valence-electron chi connectivity index (χ1n) is 11.3. The molecule has 2 N–H and O–H groups in total. The number of urea groups is 1. The molecule has 0 atom stereocenters. The van der Waals surface area contributed by atoms with Gasteiger partial charge in [-0.25, -0.2) is 14.5 Å². The standard InChI is InChI=1S/C23H29N7O2/c1-28(2)17-10-8-16(9-11-17)25-23(32)29-13-15(14-29)20-26-21-19(22(31)27-20)12-24-30(21)18-6-4-3-5-7-18/h8-12,15,18H,3-7,13-14H2,1-2H3,(H,25,32)(H,26,27,31). The molecule has 5 rings (SSSR count). The minimum atomic E-state index is -0.157. The van der Waals surface area contributed by atoms with Crippen molar-refractivity contribution < 1.29 is 4.79 Å². The van der Waals surface area contributed by atoms with Gasteiger partial charge in [0.2, 0.25) is 0 Å². The van der Waals surface area contributed by atoms with E-state index in [2.05, 4.69) is 15.4 Å². The number of nitrogens with zero attached hydrogens (tertiary/aromatic N) is 5. The number of aromatic amines is 1. The Kier molecular flexibility index (Phi) is 5.32. The number of benzene rings is 1. The Bertz CT molecular complexity index is 1170. The van der Waals surface area contributed by atoms with Crippen molar-refractivity contribution in [2.75, 3.05) is 37.4 Å². The summed E-state index contributed by atoms with van der Waals surface area (Å²) in [6, 6.07) is 7.88. The lowest BCUT2D eigenvalue weighted by Gasteiger charge is -2.38. The molecule has 1 aliphatic carbocycles. The van der Waals surface area contributed by atoms with Crippen molar-refractivity contribution in [3.63, 3.8) is 0 Å². The Balaban J connectivity index is 1.27. The molecule has 2 amide bonds. The lowest BCUT2D eigenvalue weighted by molar-refractivity contribution is 0.161. The molecular formula is C23H29N7O2. The molecule has 1 saturated heterocycles. The quantitative estimate of drug-likeness (QED) is 0.655. The lowest BCUT2D eigenvalue weighted by Crippen LogP contribution is -2.51. The summed E-state index contributed by atoms with van der Waals surface area (Å²) < 4.78 is 1.94. The van der Waals surface area contributed by atoms with Crippen LogP contribution in [0.4, 0.5) is 16.2 Å². The van der Waals surface area contributed by atoms with Gasteiger partial charge in [0.05, 0.1) is 18.2 Å². The Morgan fingerprint density at radius 1 is 1.12 bits per heavy atom. The van der Waals surface area contributed by atoms with Crippen LogP contribution in [0.1, 0.15) is 49.9 Å². The zero-order chi connectivity index (χ0) is 22.2. The first-order valence-corrected chi connectivity index (χ1v) is 11.3. The molecule has 2 aliphatic rings. The number of hydrogen-bond donors (Lipinski definition) is 2. The molecule has 0 spiro atoms. The van der Waals surface area contributed by atoms with Crippen LogP contribution in [-0.4, -0.2) is 57.9 Å². The van der Waals surface area contributed by atoms with Gasteiger partial charge in [-0.1, -0.05) is 19.3 Å². The average molecular weight is 436 g/mol. The predicted octanol–water partition coefficient (Wildman–Crippen LogP) is 3.32. The summed E-state index contributed by atoms with van der Waals surface area (Å²) in [5.41, 5.74) is 2.34. The Morgan fingerprint density at radius 2 is 1.84 bits per heavy atom. The van der Waals surface area contributed by atoms with E-state index in [1.807, 2.05) is 47.9 Å². The molecule has 2 aromatic heterocycles. The van der Waals surface area contributed by atoms with Gasteiger partial charge in [-0.05, 0) is 37.1 Å². The molecule has 0 unspecified atom stereocenters. The predicted molar refractivity (Wildman–Crippen MR) is 124 cm³/mol. The second kappa shape index (κ2) is 8.29. The molecule has 3 aromatic rings. The Labute approximate surface area is 186 Å². The highest BCUT2D eigenvalue weighted by Gasteiger charge is 2.34. The van der Waals surface area contributed by atoms with Crippen LogP contribution in [0.25, 0.3) is 11.0 Å². The second-order valence-corrected chi connectivity index (χ2v) is 9.04. The maximum absolute atomic E-state index is 12.6. The summed E-state index contributed by atoms with van der Waals surface area (Å²) in [4.78, 5) is 36.6. The van der Waals surface area contributed by atoms with E-state index in [9.17, 15) is 9.59 Å². The summed E-state index contributed by atoms with van der Waals surface area (Å²) >= 11 is 0. The molecular weight excluding hydrogens is 406 g/mol. The van der Waals surface area contributed by atoms with E-state index in [0.717, 1.165) is 24.2 Å². The van der Waals surface area contributed by atoms with E-state index in [-0.39, 0.29) is 17.5 Å². The van der Waals surface area contributed by atoms with Gasteiger partial charge >= 0.3 is 6.03 Å². The fourth-order valence-electron chi connectivity index (χ4n) is 4.60. The number of carbonyl (C=O) groups excluding carboxylic acids is 1. The van der Waals surface area contributed by atoms with Crippen molar-refractivity contribution in [3.05, 3.63) is 46.6 Å². The number of hydrogen-bond acceptors (Lipinski definition) is 5. The van der Waals surface area contributed by atoms with E-state index >= 15 is 0 Å². The number of fused-ring (bicyclic) bond motifs is 1. The summed E-state index contributed by atoms with van der Waals surface area (Å²) in [5, 5.41) is 7.96. The zero-order valence-electron chi connectivity index (χ0n) is 18.5. The fraction of sp³-hybridized carbons (Fsp3) is 0.478. The van der Waals surface area contributed by atoms with Crippen LogP contribution in [0.3, 0.4) is 0 Å². The normalized spacial score (nSPS) is 17.4. The molecule has 1 aliphatic heterocycles. The van der Waals surface area contributed by atoms with Gasteiger partial charge in [0.15, 0.2) is 5.65 Å². The highest BCUT2D eigenvalue weighted by atomic mass is 16.2. The van der Waals surface area contributed by atoms with E-state index in [1.165, 1.54) is 19.3 Å². The molecule has 2 fully saturated rings. The van der Waals surface area contributed by atoms with Gasteiger partial charge in [-0.15, -0.1) is 0 Å². The lowest BCUT2D eigenvalue weighted by atomic mass is 9.96. The Hall–Kier alpha value is -3.36. The molecule has 9 nitrogen and oxygen atoms in total. The second-order valence-electron chi connectivity index (χ2n) is 9.04. The monoisotopic (exact) mass is 435 g/mol. The van der Waals surface area contributed by atoms with Gasteiger partial charge in [-0.3, -0.25) is 4.79 Å². The number of nitrogens with one attached hydrogen (secondary N) is 2. The highest BCUT2D eigenvalue weighted by molar-refractivity contribution is 5.90. The van der Waals surface area contributed by atoms with Crippen LogP contribution in [0.5, 0.6) is 0 Å². The third kappa shape index (κ3) is 3.83. The number of H-pyrrole nitrogens is 1. The number of rotatable bonds is 4. The van der Waals surface area contributed by atoms with Crippen molar-refractivity contribution in [2.45, 2.75) is 44.1 Å². The average Bonchev–Trinajstić information content (AvgIpc) is 3.18. The molecule has 3 heterocycles. The number of likely N-dealkylation sites (tertiary alicyclic amines) is 1. The molecule has 0 bridgehead atoms. The van der Waals surface area contributed by atoms with Crippen molar-refractivity contribution >= 4 is 28.4 Å². The van der Waals surface area contributed by atoms with Gasteiger partial charge in [0, 0.05) is 38.6 Å². The smallest absolute Gasteiger partial charge is 0.321 e. The summed E-state index contributed by atoms with van der Waals surface area (Å²) in [7, 11) is 3.96. The fourth-order valence-corrected chi connectivity index (χ4v) is 4.60. The third-order valence-electron chi connectivity index (χ3n) is 6.59. The van der Waals surface area contributed by atoms with E-state index in [4.69, 9.17) is 4.98 Å². The highest BCUT2D eigenvalue weighted by Crippen LogP contribution is 2.30. The first kappa shape index (κ1) is 20.5. The maximum atomic E-state index is 12.6. The van der Waals surface area contributed by atoms with E-state index in [1.54, 1.807) is 11.1 Å². The minimum Gasteiger partial charge on any atom is -0.378 e. The molecule has 9 heteroatoms. The van der Waals surface area contributed by atoms with Crippen molar-refractivity contribution in [1.29, 1.82) is 0 Å². The summed E-state index contributed by atoms with van der Waals surface area (Å²) in [5.74, 6) is 0.656. The number of anilines is 2. The van der Waals surface area contributed by atoms with Crippen molar-refractivity contribution in [1.82, 2.24) is 24.6 Å². The molecule has 1 aromatic carbocycles. The van der Waals surface area contributed by atoms with Gasteiger partial charge < -0.3 is 20.1 Å². The van der Waals surface area contributed by atoms with Crippen molar-refractivity contribution in [2.24, 2.45) is 0 Å².